The van der Waals surface area contributed by atoms with Crippen molar-refractivity contribution in [1.82, 2.24) is 4.98 Å². The van der Waals surface area contributed by atoms with E-state index in [4.69, 9.17) is 11.2 Å². The normalized spacial score (nSPS) is 9.91. The molecular weight excluding hydrogens is 300 g/mol. The fraction of sp³-hybridized carbons (Fsp3) is 0.188. The molecule has 0 fully saturated rings. The van der Waals surface area contributed by atoms with Crippen molar-refractivity contribution in [3.05, 3.63) is 39.3 Å². The van der Waals surface area contributed by atoms with E-state index in [2.05, 4.69) is 16.2 Å². The number of ketones is 1. The van der Waals surface area contributed by atoms with Crippen molar-refractivity contribution in [3.63, 3.8) is 0 Å². The maximum Gasteiger partial charge on any atom is 0.284 e. The standard InChI is InChI=1S/C16H14N2O3S/c1-5-11-8-22-16(17-11)15(20)18-14-9(2)13(21-4)7-6-12(14)10(3)19/h1,6-8H,2-4H3,(H,18,20). The average Bonchev–Trinajstić information content (AvgIpc) is 2.97. The van der Waals surface area contributed by atoms with Gasteiger partial charge in [-0.25, -0.2) is 4.98 Å². The molecule has 1 aromatic heterocycles. The van der Waals surface area contributed by atoms with Crippen LogP contribution in [0.15, 0.2) is 17.5 Å². The number of benzene rings is 1. The number of aromatic nitrogens is 1. The highest BCUT2D eigenvalue weighted by atomic mass is 32.1. The van der Waals surface area contributed by atoms with Gasteiger partial charge in [0, 0.05) is 16.5 Å². The number of carbonyl (C=O) groups excluding carboxylic acids is 2. The SMILES string of the molecule is C#Cc1csc(C(=O)Nc2c(C(C)=O)ccc(OC)c2C)n1. The summed E-state index contributed by atoms with van der Waals surface area (Å²) in [5.74, 6) is 2.40. The Bertz CT molecular complexity index is 787. The zero-order valence-corrected chi connectivity index (χ0v) is 13.2. The number of anilines is 1. The molecule has 0 radical (unpaired) electrons. The van der Waals surface area contributed by atoms with E-state index in [9.17, 15) is 9.59 Å². The first-order chi connectivity index (χ1) is 10.5. The predicted molar refractivity (Wildman–Crippen MR) is 85.7 cm³/mol. The quantitative estimate of drug-likeness (QED) is 0.696. The molecule has 0 saturated heterocycles. The zero-order valence-electron chi connectivity index (χ0n) is 12.4. The first kappa shape index (κ1) is 15.7. The largest absolute Gasteiger partial charge is 0.496 e. The Hall–Kier alpha value is -2.65. The van der Waals surface area contributed by atoms with Gasteiger partial charge in [-0.05, 0) is 31.9 Å². The maximum absolute atomic E-state index is 12.3. The molecule has 0 saturated carbocycles. The number of carbonyl (C=O) groups is 2. The summed E-state index contributed by atoms with van der Waals surface area (Å²) in [5.41, 5.74) is 1.93. The molecule has 0 atom stereocenters. The molecular formula is C16H14N2O3S. The third-order valence-corrected chi connectivity index (χ3v) is 3.94. The molecule has 0 unspecified atom stereocenters. The van der Waals surface area contributed by atoms with E-state index in [0.29, 0.717) is 28.3 Å². The van der Waals surface area contributed by atoms with Crippen LogP contribution in [0.4, 0.5) is 5.69 Å². The predicted octanol–water partition coefficient (Wildman–Crippen LogP) is 2.90. The monoisotopic (exact) mass is 314 g/mol. The molecule has 0 aliphatic rings. The van der Waals surface area contributed by atoms with E-state index in [1.165, 1.54) is 14.0 Å². The Kier molecular flexibility index (Phi) is 4.59. The summed E-state index contributed by atoms with van der Waals surface area (Å²) in [6.45, 7) is 3.21. The van der Waals surface area contributed by atoms with Crippen molar-refractivity contribution in [1.29, 1.82) is 0 Å². The topological polar surface area (TPSA) is 68.3 Å². The van der Waals surface area contributed by atoms with E-state index in [-0.39, 0.29) is 10.8 Å². The lowest BCUT2D eigenvalue weighted by Gasteiger charge is -2.14. The lowest BCUT2D eigenvalue weighted by Crippen LogP contribution is -2.15. The van der Waals surface area contributed by atoms with Gasteiger partial charge in [0.05, 0.1) is 12.8 Å². The number of Topliss-reactive ketones (excluding diaryl/α,β-unsaturated/α-hetero) is 1. The summed E-state index contributed by atoms with van der Waals surface area (Å²) < 4.78 is 5.23. The average molecular weight is 314 g/mol. The number of hydrogen-bond acceptors (Lipinski definition) is 5. The molecule has 1 aromatic carbocycles. The lowest BCUT2D eigenvalue weighted by atomic mass is 10.0. The molecule has 0 bridgehead atoms. The van der Waals surface area contributed by atoms with Gasteiger partial charge in [0.25, 0.3) is 5.91 Å². The molecule has 22 heavy (non-hydrogen) atoms. The summed E-state index contributed by atoms with van der Waals surface area (Å²) in [7, 11) is 1.53. The number of methoxy groups -OCH3 is 1. The highest BCUT2D eigenvalue weighted by Gasteiger charge is 2.18. The molecule has 0 aliphatic heterocycles. The van der Waals surface area contributed by atoms with Gasteiger partial charge in [-0.1, -0.05) is 0 Å². The third-order valence-electron chi connectivity index (χ3n) is 3.10. The lowest BCUT2D eigenvalue weighted by molar-refractivity contribution is 0.101. The highest BCUT2D eigenvalue weighted by Crippen LogP contribution is 2.30. The van der Waals surface area contributed by atoms with Crippen molar-refractivity contribution in [3.8, 4) is 18.1 Å². The molecule has 6 heteroatoms. The van der Waals surface area contributed by atoms with Gasteiger partial charge in [-0.3, -0.25) is 9.59 Å². The first-order valence-electron chi connectivity index (χ1n) is 6.40. The molecule has 1 N–H and O–H groups in total. The van der Waals surface area contributed by atoms with Crippen LogP contribution in [0.5, 0.6) is 5.75 Å². The Labute approximate surface area is 132 Å². The molecule has 0 aliphatic carbocycles. The second-order valence-electron chi connectivity index (χ2n) is 4.51. The summed E-state index contributed by atoms with van der Waals surface area (Å²) >= 11 is 1.15. The third kappa shape index (κ3) is 3.00. The van der Waals surface area contributed by atoms with Crippen LogP contribution in [0.1, 0.15) is 38.3 Å². The molecule has 2 aromatic rings. The number of terminal acetylenes is 1. The van der Waals surface area contributed by atoms with Crippen LogP contribution in [-0.4, -0.2) is 23.8 Å². The number of ether oxygens (including phenoxy) is 1. The van der Waals surface area contributed by atoms with Crippen LogP contribution < -0.4 is 10.1 Å². The number of hydrogen-bond donors (Lipinski definition) is 1. The molecule has 1 amide bonds. The minimum absolute atomic E-state index is 0.149. The van der Waals surface area contributed by atoms with E-state index in [1.807, 2.05) is 0 Å². The number of nitrogens with zero attached hydrogens (tertiary/aromatic N) is 1. The van der Waals surface area contributed by atoms with Crippen LogP contribution in [0.25, 0.3) is 0 Å². The first-order valence-corrected chi connectivity index (χ1v) is 7.28. The summed E-state index contributed by atoms with van der Waals surface area (Å²) in [6, 6.07) is 3.32. The number of amides is 1. The Morgan fingerprint density at radius 2 is 2.14 bits per heavy atom. The van der Waals surface area contributed by atoms with Gasteiger partial charge in [-0.15, -0.1) is 17.8 Å². The molecule has 0 spiro atoms. The molecule has 5 nitrogen and oxygen atoms in total. The fourth-order valence-electron chi connectivity index (χ4n) is 1.98. The Balaban J connectivity index is 2.41. The second kappa shape index (κ2) is 6.41. The number of thiazole rings is 1. The van der Waals surface area contributed by atoms with Crippen molar-refractivity contribution in [2.24, 2.45) is 0 Å². The zero-order chi connectivity index (χ0) is 16.3. The van der Waals surface area contributed by atoms with Gasteiger partial charge in [0.2, 0.25) is 0 Å². The number of rotatable bonds is 4. The maximum atomic E-state index is 12.3. The van der Waals surface area contributed by atoms with Crippen LogP contribution in [0, 0.1) is 19.3 Å². The van der Waals surface area contributed by atoms with Gasteiger partial charge in [0.15, 0.2) is 10.8 Å². The van der Waals surface area contributed by atoms with Crippen molar-refractivity contribution >= 4 is 28.7 Å². The number of nitrogens with one attached hydrogen (secondary N) is 1. The fourth-order valence-corrected chi connectivity index (χ4v) is 2.63. The van der Waals surface area contributed by atoms with Gasteiger partial charge >= 0.3 is 0 Å². The molecule has 1 heterocycles. The highest BCUT2D eigenvalue weighted by molar-refractivity contribution is 7.11. The molecule has 2 rings (SSSR count). The van der Waals surface area contributed by atoms with E-state index < -0.39 is 5.91 Å². The van der Waals surface area contributed by atoms with Gasteiger partial charge in [0.1, 0.15) is 11.4 Å². The van der Waals surface area contributed by atoms with E-state index >= 15 is 0 Å². The van der Waals surface area contributed by atoms with Crippen LogP contribution in [-0.2, 0) is 0 Å². The summed E-state index contributed by atoms with van der Waals surface area (Å²) in [4.78, 5) is 28.1. The van der Waals surface area contributed by atoms with Gasteiger partial charge < -0.3 is 10.1 Å². The Morgan fingerprint density at radius 1 is 1.41 bits per heavy atom. The minimum atomic E-state index is -0.412. The van der Waals surface area contributed by atoms with Crippen molar-refractivity contribution in [2.75, 3.05) is 12.4 Å². The van der Waals surface area contributed by atoms with Crippen molar-refractivity contribution in [2.45, 2.75) is 13.8 Å². The second-order valence-corrected chi connectivity index (χ2v) is 5.37. The van der Waals surface area contributed by atoms with Crippen LogP contribution >= 0.6 is 11.3 Å². The molecule has 112 valence electrons. The minimum Gasteiger partial charge on any atom is -0.496 e. The summed E-state index contributed by atoms with van der Waals surface area (Å²) in [5, 5.41) is 4.59. The summed E-state index contributed by atoms with van der Waals surface area (Å²) in [6.07, 6.45) is 5.24. The smallest absolute Gasteiger partial charge is 0.284 e. The van der Waals surface area contributed by atoms with Gasteiger partial charge in [-0.2, -0.15) is 0 Å². The van der Waals surface area contributed by atoms with Crippen LogP contribution in [0.2, 0.25) is 0 Å². The Morgan fingerprint density at radius 3 is 2.68 bits per heavy atom. The van der Waals surface area contributed by atoms with Crippen molar-refractivity contribution < 1.29 is 14.3 Å². The van der Waals surface area contributed by atoms with E-state index in [0.717, 1.165) is 11.3 Å². The van der Waals surface area contributed by atoms with Crippen LogP contribution in [0.3, 0.4) is 0 Å². The van der Waals surface area contributed by atoms with E-state index in [1.54, 1.807) is 24.4 Å².